The molecule has 0 amide bonds. The molecule has 1 aromatic carbocycles. The van der Waals surface area contributed by atoms with E-state index in [1.165, 1.54) is 0 Å². The van der Waals surface area contributed by atoms with Gasteiger partial charge in [0, 0.05) is 31.3 Å². The largest absolute Gasteiger partial charge is 0.492 e. The summed E-state index contributed by atoms with van der Waals surface area (Å²) < 4.78 is 11.7. The van der Waals surface area contributed by atoms with E-state index in [1.54, 1.807) is 7.11 Å². The van der Waals surface area contributed by atoms with Gasteiger partial charge in [-0.05, 0) is 37.7 Å². The molecule has 0 atom stereocenters. The quantitative estimate of drug-likeness (QED) is 0.689. The lowest BCUT2D eigenvalue weighted by molar-refractivity contribution is 0.172. The van der Waals surface area contributed by atoms with Gasteiger partial charge in [-0.25, -0.2) is 0 Å². The topological polar surface area (TPSA) is 21.7 Å². The second-order valence-corrected chi connectivity index (χ2v) is 4.87. The number of methoxy groups -OCH3 is 1. The Balaban J connectivity index is 2.12. The highest BCUT2D eigenvalue weighted by atomic mass is 79.9. The van der Waals surface area contributed by atoms with Crippen molar-refractivity contribution in [2.75, 3.05) is 40.5 Å². The molecule has 4 heteroatoms. The maximum absolute atomic E-state index is 5.64. The van der Waals surface area contributed by atoms with E-state index >= 15 is 0 Å². The second kappa shape index (κ2) is 8.50. The Hall–Kier alpha value is -0.580. The van der Waals surface area contributed by atoms with Crippen LogP contribution < -0.4 is 4.74 Å². The smallest absolute Gasteiger partial charge is 0.119 e. The first-order chi connectivity index (χ1) is 8.22. The molecule has 0 aromatic heterocycles. The fourth-order valence-electron chi connectivity index (χ4n) is 1.44. The maximum atomic E-state index is 5.64. The minimum Gasteiger partial charge on any atom is -0.492 e. The van der Waals surface area contributed by atoms with E-state index in [0.29, 0.717) is 6.61 Å². The highest BCUT2D eigenvalue weighted by Gasteiger charge is 1.99. The summed E-state index contributed by atoms with van der Waals surface area (Å²) in [7, 11) is 3.83. The molecule has 0 bridgehead atoms. The average Bonchev–Trinajstić information content (AvgIpc) is 2.32. The maximum Gasteiger partial charge on any atom is 0.119 e. The summed E-state index contributed by atoms with van der Waals surface area (Å²) in [6.45, 7) is 3.50. The normalized spacial score (nSPS) is 10.8. The van der Waals surface area contributed by atoms with E-state index in [0.717, 1.165) is 36.3 Å². The Labute approximate surface area is 112 Å². The van der Waals surface area contributed by atoms with Gasteiger partial charge in [-0.2, -0.15) is 0 Å². The summed E-state index contributed by atoms with van der Waals surface area (Å²) in [4.78, 5) is 2.25. The summed E-state index contributed by atoms with van der Waals surface area (Å²) in [5.41, 5.74) is 0. The molecular weight excluding hydrogens is 282 g/mol. The summed E-state index contributed by atoms with van der Waals surface area (Å²) in [6.07, 6.45) is 1.06. The van der Waals surface area contributed by atoms with E-state index in [2.05, 4.69) is 27.9 Å². The number of hydrogen-bond donors (Lipinski definition) is 0. The molecule has 0 aliphatic rings. The molecule has 17 heavy (non-hydrogen) atoms. The van der Waals surface area contributed by atoms with Crippen molar-refractivity contribution in [1.82, 2.24) is 4.90 Å². The van der Waals surface area contributed by atoms with E-state index in [4.69, 9.17) is 9.47 Å². The first-order valence-corrected chi connectivity index (χ1v) is 6.57. The third-order valence-electron chi connectivity index (χ3n) is 2.44. The SMILES string of the molecule is COCCCN(C)CCOc1ccc(Br)cc1. The molecule has 1 aromatic rings. The summed E-state index contributed by atoms with van der Waals surface area (Å²) in [5, 5.41) is 0. The first-order valence-electron chi connectivity index (χ1n) is 5.78. The van der Waals surface area contributed by atoms with E-state index in [9.17, 15) is 0 Å². The molecule has 96 valence electrons. The Morgan fingerprint density at radius 2 is 1.82 bits per heavy atom. The number of nitrogens with zero attached hydrogens (tertiary/aromatic N) is 1. The number of likely N-dealkylation sites (N-methyl/N-ethyl adjacent to an activating group) is 1. The van der Waals surface area contributed by atoms with Gasteiger partial charge in [0.2, 0.25) is 0 Å². The van der Waals surface area contributed by atoms with Gasteiger partial charge in [0.15, 0.2) is 0 Å². The zero-order valence-electron chi connectivity index (χ0n) is 10.5. The fourth-order valence-corrected chi connectivity index (χ4v) is 1.71. The molecule has 0 saturated heterocycles. The number of rotatable bonds is 8. The molecule has 0 spiro atoms. The summed E-state index contributed by atoms with van der Waals surface area (Å²) in [5.74, 6) is 0.915. The van der Waals surface area contributed by atoms with Gasteiger partial charge in [-0.3, -0.25) is 0 Å². The number of hydrogen-bond acceptors (Lipinski definition) is 3. The second-order valence-electron chi connectivity index (χ2n) is 3.95. The van der Waals surface area contributed by atoms with E-state index in [1.807, 2.05) is 24.3 Å². The van der Waals surface area contributed by atoms with Gasteiger partial charge >= 0.3 is 0 Å². The van der Waals surface area contributed by atoms with Crippen molar-refractivity contribution in [3.63, 3.8) is 0 Å². The molecule has 0 fully saturated rings. The molecule has 0 heterocycles. The van der Waals surface area contributed by atoms with Crippen LogP contribution in [0.25, 0.3) is 0 Å². The standard InChI is InChI=1S/C13H20BrNO2/c1-15(8-3-10-16-2)9-11-17-13-6-4-12(14)5-7-13/h4-7H,3,8-11H2,1-2H3. The Morgan fingerprint density at radius 1 is 1.12 bits per heavy atom. The monoisotopic (exact) mass is 301 g/mol. The molecular formula is C13H20BrNO2. The van der Waals surface area contributed by atoms with Crippen LogP contribution in [0.4, 0.5) is 0 Å². The first kappa shape index (κ1) is 14.5. The molecule has 0 aliphatic heterocycles. The summed E-state index contributed by atoms with van der Waals surface area (Å²) >= 11 is 3.40. The zero-order chi connectivity index (χ0) is 12.5. The molecule has 0 saturated carbocycles. The van der Waals surface area contributed by atoms with Crippen molar-refractivity contribution >= 4 is 15.9 Å². The van der Waals surface area contributed by atoms with Crippen LogP contribution in [0.3, 0.4) is 0 Å². The Bertz CT molecular complexity index is 303. The lowest BCUT2D eigenvalue weighted by Crippen LogP contribution is -2.26. The third kappa shape index (κ3) is 6.66. The van der Waals surface area contributed by atoms with E-state index in [-0.39, 0.29) is 0 Å². The van der Waals surface area contributed by atoms with Crippen LogP contribution in [0.1, 0.15) is 6.42 Å². The minimum atomic E-state index is 0.713. The molecule has 1 rings (SSSR count). The van der Waals surface area contributed by atoms with Crippen LogP contribution in [0.15, 0.2) is 28.7 Å². The molecule has 0 aliphatic carbocycles. The molecule has 3 nitrogen and oxygen atoms in total. The number of ether oxygens (including phenoxy) is 2. The predicted molar refractivity (Wildman–Crippen MR) is 73.6 cm³/mol. The highest BCUT2D eigenvalue weighted by molar-refractivity contribution is 9.10. The predicted octanol–water partition coefficient (Wildman–Crippen LogP) is 2.80. The van der Waals surface area contributed by atoms with Crippen molar-refractivity contribution in [3.8, 4) is 5.75 Å². The Kier molecular flexibility index (Phi) is 7.24. The van der Waals surface area contributed by atoms with Crippen molar-refractivity contribution in [1.29, 1.82) is 0 Å². The van der Waals surface area contributed by atoms with Crippen LogP contribution in [0, 0.1) is 0 Å². The van der Waals surface area contributed by atoms with Gasteiger partial charge < -0.3 is 14.4 Å². The van der Waals surface area contributed by atoms with Crippen LogP contribution in [0.2, 0.25) is 0 Å². The van der Waals surface area contributed by atoms with Crippen LogP contribution in [0.5, 0.6) is 5.75 Å². The van der Waals surface area contributed by atoms with E-state index < -0.39 is 0 Å². The van der Waals surface area contributed by atoms with Crippen LogP contribution >= 0.6 is 15.9 Å². The molecule has 0 unspecified atom stereocenters. The molecule has 0 radical (unpaired) electrons. The van der Waals surface area contributed by atoms with Crippen molar-refractivity contribution < 1.29 is 9.47 Å². The van der Waals surface area contributed by atoms with Gasteiger partial charge in [0.1, 0.15) is 12.4 Å². The lowest BCUT2D eigenvalue weighted by Gasteiger charge is -2.16. The van der Waals surface area contributed by atoms with Crippen molar-refractivity contribution in [2.24, 2.45) is 0 Å². The van der Waals surface area contributed by atoms with Gasteiger partial charge in [-0.15, -0.1) is 0 Å². The molecule has 0 N–H and O–H groups in total. The lowest BCUT2D eigenvalue weighted by atomic mass is 10.3. The minimum absolute atomic E-state index is 0.713. The number of halogens is 1. The number of benzene rings is 1. The summed E-state index contributed by atoms with van der Waals surface area (Å²) in [6, 6.07) is 7.90. The Morgan fingerprint density at radius 3 is 2.47 bits per heavy atom. The van der Waals surface area contributed by atoms with Crippen LogP contribution in [-0.4, -0.2) is 45.4 Å². The van der Waals surface area contributed by atoms with Gasteiger partial charge in [0.05, 0.1) is 0 Å². The fraction of sp³-hybridized carbons (Fsp3) is 0.538. The van der Waals surface area contributed by atoms with Gasteiger partial charge in [0.25, 0.3) is 0 Å². The van der Waals surface area contributed by atoms with Crippen LogP contribution in [-0.2, 0) is 4.74 Å². The van der Waals surface area contributed by atoms with Crippen molar-refractivity contribution in [2.45, 2.75) is 6.42 Å². The van der Waals surface area contributed by atoms with Gasteiger partial charge in [-0.1, -0.05) is 15.9 Å². The third-order valence-corrected chi connectivity index (χ3v) is 2.97. The average molecular weight is 302 g/mol. The highest BCUT2D eigenvalue weighted by Crippen LogP contribution is 2.15. The zero-order valence-corrected chi connectivity index (χ0v) is 12.1. The van der Waals surface area contributed by atoms with Crippen molar-refractivity contribution in [3.05, 3.63) is 28.7 Å².